The van der Waals surface area contributed by atoms with Gasteiger partial charge in [0.25, 0.3) is 0 Å². The average molecular weight is 1450 g/mol. The summed E-state index contributed by atoms with van der Waals surface area (Å²) in [5, 5.41) is 10.6. The Bertz CT molecular complexity index is 1940. The Balaban J connectivity index is 5.23. The molecule has 0 spiro atoms. The first-order valence-corrected chi connectivity index (χ1v) is 44.2. The van der Waals surface area contributed by atoms with Gasteiger partial charge in [-0.3, -0.25) is 37.3 Å². The molecule has 0 rings (SSSR count). The van der Waals surface area contributed by atoms with Gasteiger partial charge in [-0.25, -0.2) is 9.13 Å². The minimum atomic E-state index is -4.96. The molecule has 0 aliphatic carbocycles. The van der Waals surface area contributed by atoms with Crippen molar-refractivity contribution >= 4 is 39.5 Å². The van der Waals surface area contributed by atoms with Gasteiger partial charge in [0.1, 0.15) is 19.3 Å². The molecule has 3 N–H and O–H groups in total. The predicted molar refractivity (Wildman–Crippen MR) is 404 cm³/mol. The zero-order valence-electron chi connectivity index (χ0n) is 65.1. The van der Waals surface area contributed by atoms with Crippen molar-refractivity contribution in [3.05, 3.63) is 0 Å². The fourth-order valence-corrected chi connectivity index (χ4v) is 13.8. The fraction of sp³-hybridized carbons (Fsp3) is 0.950. The SMILES string of the molecule is CCC(C)CCCCCCCCCCCCCCCCC(=O)O[C@H](COC(=O)CCCCCCCCCCCCCCCCCC(C)C)COP(=O)(O)OC[C@@H](O)COP(=O)(O)OC[C@@H](COC(=O)CCCCCCCCC(C)C)OC(=O)CCCCCCCCCCCCCC(C)C. The van der Waals surface area contributed by atoms with Crippen molar-refractivity contribution in [2.24, 2.45) is 23.7 Å². The molecule has 0 amide bonds. The van der Waals surface area contributed by atoms with Gasteiger partial charge in [0, 0.05) is 25.7 Å². The Labute approximate surface area is 607 Å². The van der Waals surface area contributed by atoms with E-state index in [9.17, 15) is 43.2 Å². The van der Waals surface area contributed by atoms with Crippen LogP contribution >= 0.6 is 15.6 Å². The van der Waals surface area contributed by atoms with E-state index in [1.165, 1.54) is 205 Å². The number of ether oxygens (including phenoxy) is 4. The summed E-state index contributed by atoms with van der Waals surface area (Å²) in [4.78, 5) is 72.9. The van der Waals surface area contributed by atoms with Gasteiger partial charge in [-0.2, -0.15) is 0 Å². The maximum atomic E-state index is 13.1. The largest absolute Gasteiger partial charge is 0.472 e. The number of phosphoric ester groups is 2. The van der Waals surface area contributed by atoms with Crippen LogP contribution in [0.2, 0.25) is 0 Å². The number of carbonyl (C=O) groups is 4. The van der Waals surface area contributed by atoms with Crippen molar-refractivity contribution in [1.29, 1.82) is 0 Å². The lowest BCUT2D eigenvalue weighted by Gasteiger charge is -2.21. The van der Waals surface area contributed by atoms with E-state index >= 15 is 0 Å². The Morgan fingerprint density at radius 3 is 0.717 bits per heavy atom. The number of rotatable bonds is 77. The van der Waals surface area contributed by atoms with E-state index < -0.39 is 97.5 Å². The van der Waals surface area contributed by atoms with E-state index in [-0.39, 0.29) is 25.7 Å². The highest BCUT2D eigenvalue weighted by atomic mass is 31.2. The molecule has 19 heteroatoms. The van der Waals surface area contributed by atoms with Crippen LogP contribution in [0.5, 0.6) is 0 Å². The first kappa shape index (κ1) is 97.1. The molecule has 0 aromatic heterocycles. The highest BCUT2D eigenvalue weighted by molar-refractivity contribution is 7.47. The van der Waals surface area contributed by atoms with Crippen LogP contribution in [-0.4, -0.2) is 96.7 Å². The third kappa shape index (κ3) is 72.8. The van der Waals surface area contributed by atoms with E-state index in [0.29, 0.717) is 31.6 Å². The predicted octanol–water partition coefficient (Wildman–Crippen LogP) is 23.6. The summed E-state index contributed by atoms with van der Waals surface area (Å²) < 4.78 is 68.6. The molecule has 0 bridgehead atoms. The Morgan fingerprint density at radius 1 is 0.283 bits per heavy atom. The summed E-state index contributed by atoms with van der Waals surface area (Å²) in [7, 11) is -9.92. The molecular formula is C80H156O17P2. The van der Waals surface area contributed by atoms with Gasteiger partial charge >= 0.3 is 39.5 Å². The van der Waals surface area contributed by atoms with Gasteiger partial charge in [0.05, 0.1) is 26.4 Å². The molecule has 0 saturated carbocycles. The van der Waals surface area contributed by atoms with Gasteiger partial charge in [0.15, 0.2) is 12.2 Å². The second-order valence-electron chi connectivity index (χ2n) is 30.5. The smallest absolute Gasteiger partial charge is 0.462 e. The highest BCUT2D eigenvalue weighted by Crippen LogP contribution is 2.45. The molecule has 0 heterocycles. The summed E-state index contributed by atoms with van der Waals surface area (Å²) in [6.07, 6.45) is 55.6. The second-order valence-corrected chi connectivity index (χ2v) is 33.4. The quantitative estimate of drug-likeness (QED) is 0.0222. The molecule has 6 atom stereocenters. The zero-order chi connectivity index (χ0) is 73.1. The van der Waals surface area contributed by atoms with Crippen LogP contribution in [0.3, 0.4) is 0 Å². The van der Waals surface area contributed by atoms with E-state index in [4.69, 9.17) is 37.0 Å². The van der Waals surface area contributed by atoms with Crippen molar-refractivity contribution in [2.45, 2.75) is 427 Å². The lowest BCUT2D eigenvalue weighted by atomic mass is 9.99. The molecule has 99 heavy (non-hydrogen) atoms. The van der Waals surface area contributed by atoms with Gasteiger partial charge in [-0.15, -0.1) is 0 Å². The number of hydrogen-bond acceptors (Lipinski definition) is 15. The Hall–Kier alpha value is -1.94. The number of carbonyl (C=O) groups excluding carboxylic acids is 4. The van der Waals surface area contributed by atoms with Crippen LogP contribution in [0.25, 0.3) is 0 Å². The van der Waals surface area contributed by atoms with E-state index in [0.717, 1.165) is 114 Å². The second kappa shape index (κ2) is 69.1. The summed E-state index contributed by atoms with van der Waals surface area (Å²) in [6.45, 7) is 14.2. The minimum absolute atomic E-state index is 0.105. The van der Waals surface area contributed by atoms with Crippen molar-refractivity contribution in [3.63, 3.8) is 0 Å². The summed E-state index contributed by atoms with van der Waals surface area (Å²) >= 11 is 0. The van der Waals surface area contributed by atoms with Crippen LogP contribution in [0.1, 0.15) is 409 Å². The molecule has 0 radical (unpaired) electrons. The average Bonchev–Trinajstić information content (AvgIpc) is 1.01. The lowest BCUT2D eigenvalue weighted by Crippen LogP contribution is -2.30. The van der Waals surface area contributed by atoms with Gasteiger partial charge < -0.3 is 33.8 Å². The van der Waals surface area contributed by atoms with Crippen molar-refractivity contribution in [3.8, 4) is 0 Å². The molecule has 588 valence electrons. The maximum Gasteiger partial charge on any atom is 0.472 e. The molecular weight excluding hydrogens is 1290 g/mol. The fourth-order valence-electron chi connectivity index (χ4n) is 12.2. The van der Waals surface area contributed by atoms with Crippen molar-refractivity contribution < 1.29 is 80.2 Å². The van der Waals surface area contributed by atoms with Gasteiger partial charge in [-0.1, -0.05) is 357 Å². The summed E-state index contributed by atoms with van der Waals surface area (Å²) in [5.41, 5.74) is 0. The summed E-state index contributed by atoms with van der Waals surface area (Å²) in [5.74, 6) is 0.980. The third-order valence-corrected chi connectivity index (χ3v) is 20.8. The normalized spacial score (nSPS) is 14.3. The van der Waals surface area contributed by atoms with Gasteiger partial charge in [-0.05, 0) is 49.4 Å². The number of phosphoric acid groups is 2. The monoisotopic (exact) mass is 1450 g/mol. The van der Waals surface area contributed by atoms with Crippen LogP contribution in [0, 0.1) is 23.7 Å². The highest BCUT2D eigenvalue weighted by Gasteiger charge is 2.30. The van der Waals surface area contributed by atoms with Crippen LogP contribution in [0.4, 0.5) is 0 Å². The minimum Gasteiger partial charge on any atom is -0.462 e. The van der Waals surface area contributed by atoms with Crippen molar-refractivity contribution in [1.82, 2.24) is 0 Å². The number of hydrogen-bond donors (Lipinski definition) is 3. The Morgan fingerprint density at radius 2 is 0.485 bits per heavy atom. The topological polar surface area (TPSA) is 237 Å². The van der Waals surface area contributed by atoms with Crippen LogP contribution in [0.15, 0.2) is 0 Å². The first-order chi connectivity index (χ1) is 47.6. The molecule has 0 fully saturated rings. The maximum absolute atomic E-state index is 13.1. The molecule has 0 aromatic rings. The lowest BCUT2D eigenvalue weighted by molar-refractivity contribution is -0.161. The number of unbranched alkanes of at least 4 members (excludes halogenated alkanes) is 42. The van der Waals surface area contributed by atoms with E-state index in [1.807, 2.05) is 0 Å². The van der Waals surface area contributed by atoms with Crippen molar-refractivity contribution in [2.75, 3.05) is 39.6 Å². The molecule has 0 aliphatic heterocycles. The Kier molecular flexibility index (Phi) is 67.8. The molecule has 0 aliphatic rings. The molecule has 3 unspecified atom stereocenters. The summed E-state index contributed by atoms with van der Waals surface area (Å²) in [6, 6.07) is 0. The molecule has 0 aromatic carbocycles. The van der Waals surface area contributed by atoms with Crippen LogP contribution in [-0.2, 0) is 65.4 Å². The molecule has 17 nitrogen and oxygen atoms in total. The number of esters is 4. The number of aliphatic hydroxyl groups is 1. The number of aliphatic hydroxyl groups excluding tert-OH is 1. The zero-order valence-corrected chi connectivity index (χ0v) is 66.9. The van der Waals surface area contributed by atoms with Crippen LogP contribution < -0.4 is 0 Å². The first-order valence-electron chi connectivity index (χ1n) is 41.2. The third-order valence-electron chi connectivity index (χ3n) is 18.9. The van der Waals surface area contributed by atoms with E-state index in [2.05, 4.69) is 55.4 Å². The van der Waals surface area contributed by atoms with Gasteiger partial charge in [0.2, 0.25) is 0 Å². The molecule has 0 saturated heterocycles. The van der Waals surface area contributed by atoms with E-state index in [1.54, 1.807) is 0 Å². The standard InChI is InChI=1S/C80H156O17P2/c1-9-73(8)59-51-43-34-28-22-16-13-14-18-24-30-36-46-54-62-79(84)96-75(66-90-77(82)60-52-44-35-29-23-17-12-10-11-15-20-26-32-40-48-56-70(2)3)68-94-98(86,87)92-64-74(81)65-93-99(88,89)95-69-76(67-91-78(83)61-53-45-39-38-42-50-58-72(6)7)97-80(85)63-55-47-37-31-25-19-21-27-33-41-49-57-71(4)5/h70-76,81H,9-69H2,1-8H3,(H,86,87)(H,88,89)/t73?,74-,75-,76-/m1/s1.